The number of primary amides is 1. The van der Waals surface area contributed by atoms with Gasteiger partial charge >= 0.3 is 0 Å². The minimum absolute atomic E-state index is 0.0238. The summed E-state index contributed by atoms with van der Waals surface area (Å²) in [4.78, 5) is 15.0. The van der Waals surface area contributed by atoms with Crippen molar-refractivity contribution in [3.8, 4) is 0 Å². The molecule has 1 saturated heterocycles. The molecular formula is C10H12ClN3O3S. The van der Waals surface area contributed by atoms with Crippen LogP contribution in [-0.2, 0) is 14.8 Å². The second-order valence-electron chi connectivity index (χ2n) is 3.99. The molecule has 2 N–H and O–H groups in total. The number of hydrogen-bond donors (Lipinski definition) is 1. The van der Waals surface area contributed by atoms with E-state index in [1.807, 2.05) is 0 Å². The van der Waals surface area contributed by atoms with E-state index < -0.39 is 22.0 Å². The van der Waals surface area contributed by atoms with Crippen molar-refractivity contribution in [3.63, 3.8) is 0 Å². The maximum Gasteiger partial charge on any atom is 0.243 e. The van der Waals surface area contributed by atoms with E-state index in [2.05, 4.69) is 4.98 Å². The van der Waals surface area contributed by atoms with Crippen molar-refractivity contribution in [2.45, 2.75) is 23.8 Å². The van der Waals surface area contributed by atoms with E-state index in [9.17, 15) is 13.2 Å². The molecular weight excluding hydrogens is 278 g/mol. The number of nitrogens with zero attached hydrogens (tertiary/aromatic N) is 2. The molecule has 0 spiro atoms. The highest BCUT2D eigenvalue weighted by Crippen LogP contribution is 2.26. The SMILES string of the molecule is NC(=O)C1CCCN1S(=O)(=O)c1ccnc(Cl)c1. The highest BCUT2D eigenvalue weighted by molar-refractivity contribution is 7.89. The Morgan fingerprint density at radius 3 is 2.89 bits per heavy atom. The Morgan fingerprint density at radius 2 is 2.28 bits per heavy atom. The van der Waals surface area contributed by atoms with Crippen LogP contribution in [0.1, 0.15) is 12.8 Å². The number of aromatic nitrogens is 1. The molecule has 6 nitrogen and oxygen atoms in total. The Hall–Kier alpha value is -1.18. The molecule has 0 aromatic carbocycles. The normalized spacial score (nSPS) is 21.1. The first-order chi connectivity index (χ1) is 8.43. The van der Waals surface area contributed by atoms with Crippen LogP contribution in [-0.4, -0.2) is 36.2 Å². The van der Waals surface area contributed by atoms with Crippen LogP contribution in [0, 0.1) is 0 Å². The summed E-state index contributed by atoms with van der Waals surface area (Å²) in [5.41, 5.74) is 5.21. The minimum Gasteiger partial charge on any atom is -0.368 e. The topological polar surface area (TPSA) is 93.4 Å². The summed E-state index contributed by atoms with van der Waals surface area (Å²) in [7, 11) is -3.75. The van der Waals surface area contributed by atoms with Crippen molar-refractivity contribution in [1.29, 1.82) is 0 Å². The number of carbonyl (C=O) groups is 1. The zero-order valence-corrected chi connectivity index (χ0v) is 11.0. The number of pyridine rings is 1. The molecule has 0 saturated carbocycles. The van der Waals surface area contributed by atoms with Gasteiger partial charge in [0.2, 0.25) is 15.9 Å². The third-order valence-electron chi connectivity index (χ3n) is 2.84. The Morgan fingerprint density at radius 1 is 1.56 bits per heavy atom. The van der Waals surface area contributed by atoms with Crippen molar-refractivity contribution in [2.24, 2.45) is 5.73 Å². The average Bonchev–Trinajstić information content (AvgIpc) is 2.78. The number of nitrogens with two attached hydrogens (primary N) is 1. The predicted molar refractivity (Wildman–Crippen MR) is 65.4 cm³/mol. The Bertz CT molecular complexity index is 575. The molecule has 1 aliphatic heterocycles. The van der Waals surface area contributed by atoms with Crippen molar-refractivity contribution >= 4 is 27.5 Å². The van der Waals surface area contributed by atoms with E-state index in [1.165, 1.54) is 18.3 Å². The van der Waals surface area contributed by atoms with Gasteiger partial charge < -0.3 is 5.73 Å². The lowest BCUT2D eigenvalue weighted by Crippen LogP contribution is -2.43. The van der Waals surface area contributed by atoms with Gasteiger partial charge in [-0.25, -0.2) is 13.4 Å². The van der Waals surface area contributed by atoms with Crippen LogP contribution in [0.2, 0.25) is 5.15 Å². The molecule has 0 aliphatic carbocycles. The number of hydrogen-bond acceptors (Lipinski definition) is 4. The summed E-state index contributed by atoms with van der Waals surface area (Å²) in [5, 5.41) is 0.0888. The van der Waals surface area contributed by atoms with Gasteiger partial charge in [0, 0.05) is 12.7 Å². The number of halogens is 1. The minimum atomic E-state index is -3.75. The van der Waals surface area contributed by atoms with Crippen molar-refractivity contribution in [2.75, 3.05) is 6.54 Å². The van der Waals surface area contributed by atoms with Gasteiger partial charge in [-0.2, -0.15) is 4.31 Å². The Labute approximate surface area is 110 Å². The van der Waals surface area contributed by atoms with Crippen LogP contribution < -0.4 is 5.73 Å². The van der Waals surface area contributed by atoms with E-state index in [0.29, 0.717) is 12.8 Å². The fraction of sp³-hybridized carbons (Fsp3) is 0.400. The lowest BCUT2D eigenvalue weighted by molar-refractivity contribution is -0.121. The van der Waals surface area contributed by atoms with Crippen LogP contribution in [0.5, 0.6) is 0 Å². The fourth-order valence-corrected chi connectivity index (χ4v) is 3.91. The molecule has 2 heterocycles. The standard InChI is InChI=1S/C10H12ClN3O3S/c11-9-6-7(3-4-13-9)18(16,17)14-5-1-2-8(14)10(12)15/h3-4,6,8H,1-2,5H2,(H2,12,15). The van der Waals surface area contributed by atoms with Crippen LogP contribution >= 0.6 is 11.6 Å². The fourth-order valence-electron chi connectivity index (χ4n) is 1.99. The predicted octanol–water partition coefficient (Wildman–Crippen LogP) is 0.373. The molecule has 1 aromatic rings. The molecule has 0 bridgehead atoms. The van der Waals surface area contributed by atoms with Gasteiger partial charge in [0.1, 0.15) is 11.2 Å². The summed E-state index contributed by atoms with van der Waals surface area (Å²) in [6.07, 6.45) is 2.38. The van der Waals surface area contributed by atoms with Gasteiger partial charge in [-0.15, -0.1) is 0 Å². The van der Waals surface area contributed by atoms with Crippen molar-refractivity contribution in [3.05, 3.63) is 23.5 Å². The molecule has 2 rings (SSSR count). The second kappa shape index (κ2) is 4.83. The summed E-state index contributed by atoms with van der Waals surface area (Å²) < 4.78 is 25.8. The van der Waals surface area contributed by atoms with Crippen LogP contribution in [0.25, 0.3) is 0 Å². The van der Waals surface area contributed by atoms with Crippen LogP contribution in [0.15, 0.2) is 23.2 Å². The Balaban J connectivity index is 2.40. The molecule has 8 heteroatoms. The first kappa shape index (κ1) is 13.3. The van der Waals surface area contributed by atoms with Gasteiger partial charge in [0.05, 0.1) is 4.90 Å². The van der Waals surface area contributed by atoms with E-state index in [1.54, 1.807) is 0 Å². The van der Waals surface area contributed by atoms with Gasteiger partial charge in [0.15, 0.2) is 0 Å². The third-order valence-corrected chi connectivity index (χ3v) is 4.95. The maximum atomic E-state index is 12.3. The van der Waals surface area contributed by atoms with Crippen molar-refractivity contribution < 1.29 is 13.2 Å². The van der Waals surface area contributed by atoms with Crippen molar-refractivity contribution in [1.82, 2.24) is 9.29 Å². The number of sulfonamides is 1. The first-order valence-corrected chi connectivity index (χ1v) is 7.17. The van der Waals surface area contributed by atoms with Crippen LogP contribution in [0.3, 0.4) is 0 Å². The summed E-state index contributed by atoms with van der Waals surface area (Å²) >= 11 is 5.67. The van der Waals surface area contributed by atoms with E-state index in [-0.39, 0.29) is 16.6 Å². The maximum absolute atomic E-state index is 12.3. The highest BCUT2D eigenvalue weighted by atomic mass is 35.5. The average molecular weight is 290 g/mol. The molecule has 0 radical (unpaired) electrons. The van der Waals surface area contributed by atoms with E-state index >= 15 is 0 Å². The van der Waals surface area contributed by atoms with Gasteiger partial charge in [-0.3, -0.25) is 4.79 Å². The third kappa shape index (κ3) is 2.33. The molecule has 1 aliphatic rings. The number of amides is 1. The van der Waals surface area contributed by atoms with E-state index in [4.69, 9.17) is 17.3 Å². The summed E-state index contributed by atoms with van der Waals surface area (Å²) in [6, 6.07) is 1.83. The largest absolute Gasteiger partial charge is 0.368 e. The molecule has 1 aromatic heterocycles. The molecule has 18 heavy (non-hydrogen) atoms. The molecule has 1 fully saturated rings. The molecule has 98 valence electrons. The second-order valence-corrected chi connectivity index (χ2v) is 6.27. The lowest BCUT2D eigenvalue weighted by Gasteiger charge is -2.21. The smallest absolute Gasteiger partial charge is 0.243 e. The molecule has 1 atom stereocenters. The number of carbonyl (C=O) groups excluding carboxylic acids is 1. The quantitative estimate of drug-likeness (QED) is 0.814. The van der Waals surface area contributed by atoms with Crippen LogP contribution in [0.4, 0.5) is 0 Å². The van der Waals surface area contributed by atoms with Gasteiger partial charge in [-0.1, -0.05) is 11.6 Å². The van der Waals surface area contributed by atoms with E-state index in [0.717, 1.165) is 4.31 Å². The summed E-state index contributed by atoms with van der Waals surface area (Å²) in [5.74, 6) is -0.628. The zero-order valence-electron chi connectivity index (χ0n) is 9.41. The molecule has 1 unspecified atom stereocenters. The summed E-state index contributed by atoms with van der Waals surface area (Å²) in [6.45, 7) is 0.288. The van der Waals surface area contributed by atoms with Gasteiger partial charge in [-0.05, 0) is 25.0 Å². The van der Waals surface area contributed by atoms with Gasteiger partial charge in [0.25, 0.3) is 0 Å². The number of rotatable bonds is 3. The highest BCUT2D eigenvalue weighted by Gasteiger charge is 2.38. The molecule has 1 amide bonds. The zero-order chi connectivity index (χ0) is 13.3. The first-order valence-electron chi connectivity index (χ1n) is 5.35. The Kier molecular flexibility index (Phi) is 3.56. The lowest BCUT2D eigenvalue weighted by atomic mass is 10.2. The monoisotopic (exact) mass is 289 g/mol.